The Morgan fingerprint density at radius 1 is 1.05 bits per heavy atom. The lowest BCUT2D eigenvalue weighted by Gasteiger charge is -2.09. The lowest BCUT2D eigenvalue weighted by molar-refractivity contribution is 0.102. The van der Waals surface area contributed by atoms with E-state index >= 15 is 0 Å². The van der Waals surface area contributed by atoms with Crippen LogP contribution in [0.25, 0.3) is 0 Å². The summed E-state index contributed by atoms with van der Waals surface area (Å²) in [4.78, 5) is 35.8. The fourth-order valence-corrected chi connectivity index (χ4v) is 2.21. The summed E-state index contributed by atoms with van der Waals surface area (Å²) in [6.45, 7) is 3.85. The highest BCUT2D eigenvalue weighted by molar-refractivity contribution is 6.03. The molecule has 1 amide bonds. The molecular weight excluding hydrogens is 270 g/mol. The molecular formula is C15H17N3O3. The molecule has 0 unspecified atom stereocenters. The van der Waals surface area contributed by atoms with E-state index in [0.717, 1.165) is 15.7 Å². The van der Waals surface area contributed by atoms with E-state index in [0.29, 0.717) is 5.69 Å². The largest absolute Gasteiger partial charge is 0.330 e. The van der Waals surface area contributed by atoms with E-state index in [1.165, 1.54) is 24.9 Å². The van der Waals surface area contributed by atoms with Crippen molar-refractivity contribution in [3.05, 3.63) is 61.9 Å². The Bertz CT molecular complexity index is 811. The van der Waals surface area contributed by atoms with Crippen LogP contribution in [0, 0.1) is 13.8 Å². The van der Waals surface area contributed by atoms with Gasteiger partial charge in [-0.3, -0.25) is 14.2 Å². The summed E-state index contributed by atoms with van der Waals surface area (Å²) >= 11 is 0. The van der Waals surface area contributed by atoms with Crippen LogP contribution in [-0.2, 0) is 14.1 Å². The first kappa shape index (κ1) is 14.8. The van der Waals surface area contributed by atoms with Crippen LogP contribution < -0.4 is 16.6 Å². The molecule has 0 aliphatic rings. The van der Waals surface area contributed by atoms with Crippen molar-refractivity contribution < 1.29 is 4.79 Å². The Balaban J connectivity index is 2.42. The standard InChI is InChI=1S/C15H17N3O3/c1-9-5-10(2)7-11(6-9)16-13(19)12-8-17(3)15(21)18(4)14(12)20/h5-8H,1-4H3,(H,16,19). The van der Waals surface area contributed by atoms with Crippen LogP contribution in [0.4, 0.5) is 5.69 Å². The molecule has 0 spiro atoms. The van der Waals surface area contributed by atoms with Crippen molar-refractivity contribution in [2.24, 2.45) is 14.1 Å². The van der Waals surface area contributed by atoms with E-state index in [-0.39, 0.29) is 5.56 Å². The Morgan fingerprint density at radius 3 is 2.19 bits per heavy atom. The zero-order valence-corrected chi connectivity index (χ0v) is 12.4. The van der Waals surface area contributed by atoms with Crippen LogP contribution in [0.5, 0.6) is 0 Å². The monoisotopic (exact) mass is 287 g/mol. The van der Waals surface area contributed by atoms with Crippen molar-refractivity contribution in [1.82, 2.24) is 9.13 Å². The number of amides is 1. The van der Waals surface area contributed by atoms with Crippen molar-refractivity contribution in [3.63, 3.8) is 0 Å². The summed E-state index contributed by atoms with van der Waals surface area (Å²) < 4.78 is 2.12. The van der Waals surface area contributed by atoms with E-state index in [9.17, 15) is 14.4 Å². The number of aromatic nitrogens is 2. The number of carbonyl (C=O) groups is 1. The van der Waals surface area contributed by atoms with Crippen molar-refractivity contribution >= 4 is 11.6 Å². The topological polar surface area (TPSA) is 73.1 Å². The molecule has 21 heavy (non-hydrogen) atoms. The van der Waals surface area contributed by atoms with Crippen LogP contribution >= 0.6 is 0 Å². The number of hydrogen-bond acceptors (Lipinski definition) is 3. The van der Waals surface area contributed by atoms with Gasteiger partial charge in [0.2, 0.25) is 0 Å². The molecule has 6 nitrogen and oxygen atoms in total. The minimum absolute atomic E-state index is 0.0706. The second-order valence-corrected chi connectivity index (χ2v) is 5.13. The first-order valence-corrected chi connectivity index (χ1v) is 6.46. The first-order chi connectivity index (χ1) is 9.79. The smallest absolute Gasteiger partial charge is 0.322 e. The van der Waals surface area contributed by atoms with E-state index in [4.69, 9.17) is 0 Å². The molecule has 2 aromatic rings. The molecule has 0 saturated heterocycles. The number of hydrogen-bond donors (Lipinski definition) is 1. The van der Waals surface area contributed by atoms with Crippen LogP contribution in [-0.4, -0.2) is 15.0 Å². The molecule has 1 heterocycles. The highest BCUT2D eigenvalue weighted by Gasteiger charge is 2.15. The zero-order valence-electron chi connectivity index (χ0n) is 12.4. The van der Waals surface area contributed by atoms with Crippen molar-refractivity contribution in [2.45, 2.75) is 13.8 Å². The summed E-state index contributed by atoms with van der Waals surface area (Å²) in [5.74, 6) is -0.531. The van der Waals surface area contributed by atoms with Gasteiger partial charge in [-0.1, -0.05) is 6.07 Å². The van der Waals surface area contributed by atoms with Crippen LogP contribution in [0.3, 0.4) is 0 Å². The van der Waals surface area contributed by atoms with Gasteiger partial charge in [0.25, 0.3) is 11.5 Å². The molecule has 0 aliphatic heterocycles. The maximum Gasteiger partial charge on any atom is 0.330 e. The third-order valence-electron chi connectivity index (χ3n) is 3.17. The Labute approximate surface area is 121 Å². The van der Waals surface area contributed by atoms with Crippen LogP contribution in [0.2, 0.25) is 0 Å². The molecule has 110 valence electrons. The molecule has 6 heteroatoms. The Hall–Kier alpha value is -2.63. The van der Waals surface area contributed by atoms with Gasteiger partial charge in [0.15, 0.2) is 0 Å². The summed E-state index contributed by atoms with van der Waals surface area (Å²) in [6, 6.07) is 5.62. The molecule has 0 saturated carbocycles. The maximum atomic E-state index is 12.2. The Kier molecular flexibility index (Phi) is 3.80. The predicted octanol–water partition coefficient (Wildman–Crippen LogP) is 0.953. The zero-order chi connectivity index (χ0) is 15.7. The molecule has 0 radical (unpaired) electrons. The fraction of sp³-hybridized carbons (Fsp3) is 0.267. The van der Waals surface area contributed by atoms with Crippen molar-refractivity contribution in [1.29, 1.82) is 0 Å². The number of rotatable bonds is 2. The van der Waals surface area contributed by atoms with Gasteiger partial charge >= 0.3 is 5.69 Å². The molecule has 0 atom stereocenters. The van der Waals surface area contributed by atoms with Gasteiger partial charge in [0.05, 0.1) is 0 Å². The van der Waals surface area contributed by atoms with Gasteiger partial charge in [0.1, 0.15) is 5.56 Å². The summed E-state index contributed by atoms with van der Waals surface area (Å²) in [5, 5.41) is 2.69. The highest BCUT2D eigenvalue weighted by Crippen LogP contribution is 2.14. The second kappa shape index (κ2) is 5.40. The SMILES string of the molecule is Cc1cc(C)cc(NC(=O)c2cn(C)c(=O)n(C)c2=O)c1. The number of carbonyl (C=O) groups excluding carboxylic acids is 1. The van der Waals surface area contributed by atoms with Gasteiger partial charge < -0.3 is 9.88 Å². The van der Waals surface area contributed by atoms with E-state index in [1.807, 2.05) is 32.0 Å². The number of aryl methyl sites for hydroxylation is 3. The summed E-state index contributed by atoms with van der Waals surface area (Å²) in [5.41, 5.74) is 1.49. The fourth-order valence-electron chi connectivity index (χ4n) is 2.21. The predicted molar refractivity (Wildman–Crippen MR) is 80.8 cm³/mol. The molecule has 2 rings (SSSR count). The molecule has 1 N–H and O–H groups in total. The number of anilines is 1. The van der Waals surface area contributed by atoms with Gasteiger partial charge in [-0.05, 0) is 37.1 Å². The molecule has 0 bridgehead atoms. The quantitative estimate of drug-likeness (QED) is 0.894. The number of nitrogens with zero attached hydrogens (tertiary/aromatic N) is 2. The van der Waals surface area contributed by atoms with Gasteiger partial charge in [-0.25, -0.2) is 4.79 Å². The molecule has 1 aromatic heterocycles. The average molecular weight is 287 g/mol. The lowest BCUT2D eigenvalue weighted by atomic mass is 10.1. The number of nitrogens with one attached hydrogen (secondary N) is 1. The third kappa shape index (κ3) is 2.94. The third-order valence-corrected chi connectivity index (χ3v) is 3.17. The Morgan fingerprint density at radius 2 is 1.62 bits per heavy atom. The number of benzene rings is 1. The van der Waals surface area contributed by atoms with Gasteiger partial charge in [0, 0.05) is 26.0 Å². The van der Waals surface area contributed by atoms with E-state index in [2.05, 4.69) is 5.32 Å². The summed E-state index contributed by atoms with van der Waals surface area (Å²) in [6.07, 6.45) is 1.25. The van der Waals surface area contributed by atoms with Crippen molar-refractivity contribution in [2.75, 3.05) is 5.32 Å². The van der Waals surface area contributed by atoms with Crippen LogP contribution in [0.1, 0.15) is 21.5 Å². The van der Waals surface area contributed by atoms with Gasteiger partial charge in [-0.15, -0.1) is 0 Å². The van der Waals surface area contributed by atoms with Gasteiger partial charge in [-0.2, -0.15) is 0 Å². The van der Waals surface area contributed by atoms with E-state index < -0.39 is 17.2 Å². The lowest BCUT2D eigenvalue weighted by Crippen LogP contribution is -2.40. The van der Waals surface area contributed by atoms with E-state index in [1.54, 1.807) is 0 Å². The average Bonchev–Trinajstić information content (AvgIpc) is 2.39. The van der Waals surface area contributed by atoms with Crippen LogP contribution in [0.15, 0.2) is 34.0 Å². The molecule has 0 aliphatic carbocycles. The minimum atomic E-state index is -0.611. The first-order valence-electron chi connectivity index (χ1n) is 6.46. The highest BCUT2D eigenvalue weighted by atomic mass is 16.2. The maximum absolute atomic E-state index is 12.2. The molecule has 0 fully saturated rings. The summed E-state index contributed by atoms with van der Waals surface area (Å²) in [7, 11) is 2.84. The molecule has 1 aromatic carbocycles. The second-order valence-electron chi connectivity index (χ2n) is 5.13. The normalized spacial score (nSPS) is 10.5. The minimum Gasteiger partial charge on any atom is -0.322 e. The van der Waals surface area contributed by atoms with Crippen molar-refractivity contribution in [3.8, 4) is 0 Å².